The highest BCUT2D eigenvalue weighted by Gasteiger charge is 2.30. The highest BCUT2D eigenvalue weighted by atomic mass is 79.9. The van der Waals surface area contributed by atoms with Crippen LogP contribution in [-0.4, -0.2) is 23.4 Å². The van der Waals surface area contributed by atoms with Crippen LogP contribution in [0.2, 0.25) is 0 Å². The monoisotopic (exact) mass is 766 g/mol. The van der Waals surface area contributed by atoms with Gasteiger partial charge in [0.15, 0.2) is 0 Å². The van der Waals surface area contributed by atoms with E-state index in [0.717, 1.165) is 66.9 Å². The molecule has 1 N–H and O–H groups in total. The molecule has 7 heteroatoms. The quantitative estimate of drug-likeness (QED) is 0.221. The second kappa shape index (κ2) is 13.5. The number of rotatable bonds is 13. The summed E-state index contributed by atoms with van der Waals surface area (Å²) in [4.78, 5) is 0. The zero-order valence-corrected chi connectivity index (χ0v) is 29.7. The molecule has 2 aromatic carbocycles. The number of hydrogen-bond donors (Lipinski definition) is 1. The Morgan fingerprint density at radius 3 is 1.49 bits per heavy atom. The normalized spacial score (nSPS) is 13.5. The van der Waals surface area contributed by atoms with Gasteiger partial charge in [0.2, 0.25) is 0 Å². The standard InChI is InChI=1S/C30H42Br4O3/c1-9-29(7,10-2)17-21(35)18-36-26-22(31)13-19(14-23(26)32)28(5,6)20-15-24(33)27(25(34)16-20)37-30(8,11-3)12-4/h13-16,21,35H,9-12,17-18H2,1-8H3. The topological polar surface area (TPSA) is 38.7 Å². The van der Waals surface area contributed by atoms with Gasteiger partial charge >= 0.3 is 0 Å². The number of aliphatic hydroxyl groups excluding tert-OH is 1. The first-order chi connectivity index (χ1) is 17.1. The van der Waals surface area contributed by atoms with Gasteiger partial charge in [-0.25, -0.2) is 0 Å². The van der Waals surface area contributed by atoms with Crippen LogP contribution in [0.5, 0.6) is 11.5 Å². The molecule has 0 saturated carbocycles. The minimum absolute atomic E-state index is 0.125. The van der Waals surface area contributed by atoms with E-state index in [1.54, 1.807) is 0 Å². The molecule has 0 aliphatic heterocycles. The molecule has 0 radical (unpaired) electrons. The second-order valence-corrected chi connectivity index (χ2v) is 14.5. The van der Waals surface area contributed by atoms with E-state index in [2.05, 4.69) is 143 Å². The molecule has 0 aliphatic rings. The predicted octanol–water partition coefficient (Wildman–Crippen LogP) is 11.0. The third-order valence-corrected chi connectivity index (χ3v) is 10.5. The average Bonchev–Trinajstić information content (AvgIpc) is 2.85. The van der Waals surface area contributed by atoms with Crippen LogP contribution >= 0.6 is 63.7 Å². The first kappa shape index (κ1) is 33.1. The van der Waals surface area contributed by atoms with Crippen LogP contribution in [0.15, 0.2) is 42.2 Å². The molecule has 0 aromatic heterocycles. The van der Waals surface area contributed by atoms with E-state index in [1.807, 2.05) is 0 Å². The van der Waals surface area contributed by atoms with E-state index in [4.69, 9.17) is 9.47 Å². The molecule has 0 amide bonds. The van der Waals surface area contributed by atoms with Gasteiger partial charge in [-0.15, -0.1) is 0 Å². The van der Waals surface area contributed by atoms with Gasteiger partial charge in [-0.3, -0.25) is 0 Å². The summed E-state index contributed by atoms with van der Waals surface area (Å²) in [6, 6.07) is 8.50. The second-order valence-electron chi connectivity index (χ2n) is 11.1. The smallest absolute Gasteiger partial charge is 0.148 e. The molecule has 208 valence electrons. The Morgan fingerprint density at radius 1 is 0.703 bits per heavy atom. The van der Waals surface area contributed by atoms with Gasteiger partial charge < -0.3 is 14.6 Å². The Bertz CT molecular complexity index is 1010. The van der Waals surface area contributed by atoms with Crippen molar-refractivity contribution < 1.29 is 14.6 Å². The summed E-state index contributed by atoms with van der Waals surface area (Å²) in [7, 11) is 0. The average molecular weight is 770 g/mol. The van der Waals surface area contributed by atoms with Crippen LogP contribution in [0, 0.1) is 5.41 Å². The zero-order chi connectivity index (χ0) is 28.2. The summed E-state index contributed by atoms with van der Waals surface area (Å²) < 4.78 is 16.1. The summed E-state index contributed by atoms with van der Waals surface area (Å²) in [5.41, 5.74) is 1.89. The minimum Gasteiger partial charge on any atom is -0.489 e. The van der Waals surface area contributed by atoms with Gasteiger partial charge in [-0.1, -0.05) is 61.3 Å². The van der Waals surface area contributed by atoms with E-state index in [1.165, 1.54) is 0 Å². The maximum absolute atomic E-state index is 10.6. The molecule has 0 heterocycles. The van der Waals surface area contributed by atoms with Gasteiger partial charge in [-0.2, -0.15) is 0 Å². The fraction of sp³-hybridized carbons (Fsp3) is 0.600. The molecule has 37 heavy (non-hydrogen) atoms. The molecular weight excluding hydrogens is 728 g/mol. The largest absolute Gasteiger partial charge is 0.489 e. The van der Waals surface area contributed by atoms with E-state index in [0.29, 0.717) is 5.75 Å². The fourth-order valence-corrected chi connectivity index (χ4v) is 6.99. The Kier molecular flexibility index (Phi) is 12.1. The van der Waals surface area contributed by atoms with Crippen molar-refractivity contribution in [2.45, 2.75) is 105 Å². The Hall–Kier alpha value is -0.0800. The fourth-order valence-electron chi connectivity index (χ4n) is 4.23. The zero-order valence-electron chi connectivity index (χ0n) is 23.4. The minimum atomic E-state index is -0.516. The van der Waals surface area contributed by atoms with Crippen LogP contribution in [0.4, 0.5) is 0 Å². The molecule has 0 spiro atoms. The SMILES string of the molecule is CCC(C)(CC)CC(O)COc1c(Br)cc(C(C)(C)c2cc(Br)c(OC(C)(CC)CC)c(Br)c2)cc1Br. The first-order valence-electron chi connectivity index (χ1n) is 13.1. The number of halogens is 4. The summed E-state index contributed by atoms with van der Waals surface area (Å²) in [6.45, 7) is 17.7. The highest BCUT2D eigenvalue weighted by Crippen LogP contribution is 2.45. The van der Waals surface area contributed by atoms with Crippen molar-refractivity contribution >= 4 is 63.7 Å². The van der Waals surface area contributed by atoms with Crippen molar-refractivity contribution in [2.24, 2.45) is 5.41 Å². The lowest BCUT2D eigenvalue weighted by Crippen LogP contribution is -2.30. The highest BCUT2D eigenvalue weighted by molar-refractivity contribution is 9.11. The Morgan fingerprint density at radius 2 is 1.11 bits per heavy atom. The van der Waals surface area contributed by atoms with Crippen molar-refractivity contribution in [3.8, 4) is 11.5 Å². The summed E-state index contributed by atoms with van der Waals surface area (Å²) in [6.07, 6.45) is 4.14. The molecular formula is C30H42Br4O3. The molecule has 1 unspecified atom stereocenters. The van der Waals surface area contributed by atoms with Crippen molar-refractivity contribution in [2.75, 3.05) is 6.61 Å². The molecule has 2 aromatic rings. The molecule has 0 bridgehead atoms. The molecule has 3 nitrogen and oxygen atoms in total. The van der Waals surface area contributed by atoms with E-state index >= 15 is 0 Å². The van der Waals surface area contributed by atoms with Crippen LogP contribution in [0.1, 0.15) is 98.6 Å². The van der Waals surface area contributed by atoms with Gasteiger partial charge in [0.25, 0.3) is 0 Å². The Labute approximate surface area is 258 Å². The maximum atomic E-state index is 10.6. The molecule has 0 saturated heterocycles. The summed E-state index contributed by atoms with van der Waals surface area (Å²) in [5.74, 6) is 1.54. The molecule has 2 rings (SSSR count). The van der Waals surface area contributed by atoms with Crippen LogP contribution < -0.4 is 9.47 Å². The van der Waals surface area contributed by atoms with Crippen LogP contribution in [0.25, 0.3) is 0 Å². The van der Waals surface area contributed by atoms with Crippen LogP contribution in [-0.2, 0) is 5.41 Å². The van der Waals surface area contributed by atoms with E-state index in [9.17, 15) is 5.11 Å². The number of ether oxygens (including phenoxy) is 2. The van der Waals surface area contributed by atoms with Gasteiger partial charge in [0, 0.05) is 5.41 Å². The lowest BCUT2D eigenvalue weighted by atomic mass is 9.78. The maximum Gasteiger partial charge on any atom is 0.148 e. The Balaban J connectivity index is 2.30. The van der Waals surface area contributed by atoms with Gasteiger partial charge in [-0.05, 0) is 131 Å². The van der Waals surface area contributed by atoms with Crippen molar-refractivity contribution in [3.05, 3.63) is 53.3 Å². The lowest BCUT2D eigenvalue weighted by Gasteiger charge is -2.32. The first-order valence-corrected chi connectivity index (χ1v) is 16.3. The van der Waals surface area contributed by atoms with Crippen molar-refractivity contribution in [1.82, 2.24) is 0 Å². The van der Waals surface area contributed by atoms with E-state index < -0.39 is 6.10 Å². The summed E-state index contributed by atoms with van der Waals surface area (Å²) >= 11 is 15.0. The molecule has 0 aliphatic carbocycles. The van der Waals surface area contributed by atoms with Crippen molar-refractivity contribution in [3.63, 3.8) is 0 Å². The molecule has 1 atom stereocenters. The van der Waals surface area contributed by atoms with Gasteiger partial charge in [0.05, 0.1) is 24.0 Å². The number of hydrogen-bond acceptors (Lipinski definition) is 3. The van der Waals surface area contributed by atoms with Gasteiger partial charge in [0.1, 0.15) is 23.7 Å². The van der Waals surface area contributed by atoms with Crippen LogP contribution in [0.3, 0.4) is 0 Å². The molecule has 0 fully saturated rings. The summed E-state index contributed by atoms with van der Waals surface area (Å²) in [5, 5.41) is 10.6. The van der Waals surface area contributed by atoms with E-state index in [-0.39, 0.29) is 23.0 Å². The third kappa shape index (κ3) is 8.22. The lowest BCUT2D eigenvalue weighted by molar-refractivity contribution is 0.0573. The number of benzene rings is 2. The number of aliphatic hydroxyl groups is 1. The third-order valence-electron chi connectivity index (χ3n) is 8.14. The van der Waals surface area contributed by atoms with Crippen molar-refractivity contribution in [1.29, 1.82) is 0 Å². The predicted molar refractivity (Wildman–Crippen MR) is 170 cm³/mol.